The molecular formula is C12H20N4O. The van der Waals surface area contributed by atoms with Crippen LogP contribution in [0.15, 0.2) is 6.07 Å². The van der Waals surface area contributed by atoms with Crippen LogP contribution in [0.1, 0.15) is 18.7 Å². The van der Waals surface area contributed by atoms with E-state index >= 15 is 0 Å². The summed E-state index contributed by atoms with van der Waals surface area (Å²) in [4.78, 5) is 10.7. The predicted octanol–water partition coefficient (Wildman–Crippen LogP) is 0.967. The first-order chi connectivity index (χ1) is 8.08. The Labute approximate surface area is 102 Å². The lowest BCUT2D eigenvalue weighted by Crippen LogP contribution is -2.42. The van der Waals surface area contributed by atoms with Crippen molar-refractivity contribution in [3.8, 4) is 5.88 Å². The molecule has 0 aromatic carbocycles. The first-order valence-corrected chi connectivity index (χ1v) is 5.95. The first-order valence-electron chi connectivity index (χ1n) is 5.95. The van der Waals surface area contributed by atoms with Crippen LogP contribution < -0.4 is 15.4 Å². The molecular weight excluding hydrogens is 216 g/mol. The van der Waals surface area contributed by atoms with Crippen LogP contribution in [0.4, 0.5) is 5.82 Å². The van der Waals surface area contributed by atoms with Gasteiger partial charge in [-0.3, -0.25) is 0 Å². The Balaban J connectivity index is 2.02. The molecule has 1 heterocycles. The minimum Gasteiger partial charge on any atom is -0.481 e. The van der Waals surface area contributed by atoms with E-state index in [0.717, 1.165) is 31.0 Å². The number of nitrogens with two attached hydrogens (primary N) is 1. The van der Waals surface area contributed by atoms with Crippen LogP contribution in [-0.4, -0.2) is 36.7 Å². The minimum absolute atomic E-state index is 0.398. The highest BCUT2D eigenvalue weighted by molar-refractivity contribution is 5.41. The molecule has 2 N–H and O–H groups in total. The predicted molar refractivity (Wildman–Crippen MR) is 67.3 cm³/mol. The van der Waals surface area contributed by atoms with Gasteiger partial charge in [0.05, 0.1) is 7.11 Å². The second kappa shape index (κ2) is 4.87. The maximum absolute atomic E-state index is 5.79. The zero-order valence-electron chi connectivity index (χ0n) is 10.7. The van der Waals surface area contributed by atoms with Gasteiger partial charge < -0.3 is 15.4 Å². The van der Waals surface area contributed by atoms with E-state index < -0.39 is 0 Å². The number of anilines is 1. The lowest BCUT2D eigenvalue weighted by Gasteiger charge is -2.35. The Bertz CT molecular complexity index is 390. The van der Waals surface area contributed by atoms with Gasteiger partial charge in [0.1, 0.15) is 11.6 Å². The third-order valence-electron chi connectivity index (χ3n) is 3.21. The average molecular weight is 236 g/mol. The number of methoxy groups -OCH3 is 1. The standard InChI is InChI=1S/C12H20N4O/c1-8-14-11(6-12(15-8)17-3)16(2)7-9-4-10(13)5-9/h6,9-10H,4-5,7,13H2,1-3H3. The van der Waals surface area contributed by atoms with Crippen molar-refractivity contribution in [2.24, 2.45) is 11.7 Å². The number of aromatic nitrogens is 2. The summed E-state index contributed by atoms with van der Waals surface area (Å²) in [6, 6.07) is 2.26. The maximum Gasteiger partial charge on any atom is 0.218 e. The number of rotatable bonds is 4. The van der Waals surface area contributed by atoms with E-state index in [0.29, 0.717) is 17.8 Å². The molecule has 1 aromatic heterocycles. The molecule has 94 valence electrons. The van der Waals surface area contributed by atoms with Crippen LogP contribution in [-0.2, 0) is 0 Å². The molecule has 0 unspecified atom stereocenters. The van der Waals surface area contributed by atoms with E-state index in [2.05, 4.69) is 14.9 Å². The fourth-order valence-electron chi connectivity index (χ4n) is 2.24. The van der Waals surface area contributed by atoms with E-state index in [1.165, 1.54) is 0 Å². The van der Waals surface area contributed by atoms with Crippen LogP contribution in [0.25, 0.3) is 0 Å². The van der Waals surface area contributed by atoms with Gasteiger partial charge in [-0.15, -0.1) is 0 Å². The molecule has 0 saturated heterocycles. The van der Waals surface area contributed by atoms with Crippen molar-refractivity contribution in [3.63, 3.8) is 0 Å². The van der Waals surface area contributed by atoms with E-state index in [4.69, 9.17) is 10.5 Å². The van der Waals surface area contributed by atoms with Crippen LogP contribution >= 0.6 is 0 Å². The minimum atomic E-state index is 0.398. The SMILES string of the molecule is COc1cc(N(C)CC2CC(N)C2)nc(C)n1. The number of nitrogens with zero attached hydrogens (tertiary/aromatic N) is 3. The van der Waals surface area contributed by atoms with Gasteiger partial charge in [-0.1, -0.05) is 0 Å². The van der Waals surface area contributed by atoms with Crippen LogP contribution in [0.3, 0.4) is 0 Å². The van der Waals surface area contributed by atoms with Gasteiger partial charge in [0.15, 0.2) is 0 Å². The van der Waals surface area contributed by atoms with Crippen molar-refractivity contribution < 1.29 is 4.74 Å². The third kappa shape index (κ3) is 2.85. The summed E-state index contributed by atoms with van der Waals surface area (Å²) < 4.78 is 5.15. The molecule has 1 aliphatic carbocycles. The van der Waals surface area contributed by atoms with Crippen molar-refractivity contribution in [1.82, 2.24) is 9.97 Å². The maximum atomic E-state index is 5.79. The second-order valence-electron chi connectivity index (χ2n) is 4.79. The van der Waals surface area contributed by atoms with E-state index in [1.54, 1.807) is 7.11 Å². The molecule has 0 amide bonds. The topological polar surface area (TPSA) is 64.3 Å². The second-order valence-corrected chi connectivity index (χ2v) is 4.79. The Morgan fingerprint density at radius 1 is 1.47 bits per heavy atom. The molecule has 1 aliphatic rings. The average Bonchev–Trinajstić information content (AvgIpc) is 2.26. The molecule has 1 aromatic rings. The van der Waals surface area contributed by atoms with E-state index in [1.807, 2.05) is 20.0 Å². The van der Waals surface area contributed by atoms with Gasteiger partial charge in [-0.05, 0) is 25.7 Å². The van der Waals surface area contributed by atoms with Crippen LogP contribution in [0.5, 0.6) is 5.88 Å². The summed E-state index contributed by atoms with van der Waals surface area (Å²) in [7, 11) is 3.67. The molecule has 0 spiro atoms. The molecule has 0 atom stereocenters. The van der Waals surface area contributed by atoms with Gasteiger partial charge in [-0.25, -0.2) is 4.98 Å². The van der Waals surface area contributed by atoms with Gasteiger partial charge in [0.25, 0.3) is 0 Å². The van der Waals surface area contributed by atoms with Gasteiger partial charge in [0, 0.05) is 25.7 Å². The Hall–Kier alpha value is -1.36. The number of hydrogen-bond donors (Lipinski definition) is 1. The summed E-state index contributed by atoms with van der Waals surface area (Å²) in [5.41, 5.74) is 5.79. The summed E-state index contributed by atoms with van der Waals surface area (Å²) in [6.07, 6.45) is 2.23. The monoisotopic (exact) mass is 236 g/mol. The molecule has 0 bridgehead atoms. The fraction of sp³-hybridized carbons (Fsp3) is 0.667. The number of aryl methyl sites for hydroxylation is 1. The van der Waals surface area contributed by atoms with Crippen molar-refractivity contribution >= 4 is 5.82 Å². The normalized spacial score (nSPS) is 23.1. The fourth-order valence-corrected chi connectivity index (χ4v) is 2.24. The molecule has 17 heavy (non-hydrogen) atoms. The van der Waals surface area contributed by atoms with Gasteiger partial charge in [0.2, 0.25) is 5.88 Å². The Morgan fingerprint density at radius 3 is 2.76 bits per heavy atom. The quantitative estimate of drug-likeness (QED) is 0.843. The lowest BCUT2D eigenvalue weighted by atomic mass is 9.81. The van der Waals surface area contributed by atoms with Crippen LogP contribution in [0.2, 0.25) is 0 Å². The Morgan fingerprint density at radius 2 is 2.18 bits per heavy atom. The molecule has 0 aliphatic heterocycles. The summed E-state index contributed by atoms with van der Waals surface area (Å²) in [6.45, 7) is 2.87. The zero-order valence-corrected chi connectivity index (χ0v) is 10.7. The molecule has 2 rings (SSSR count). The molecule has 5 heteroatoms. The van der Waals surface area contributed by atoms with Crippen molar-refractivity contribution in [2.75, 3.05) is 25.6 Å². The van der Waals surface area contributed by atoms with Crippen LogP contribution in [0, 0.1) is 12.8 Å². The highest BCUT2D eigenvalue weighted by atomic mass is 16.5. The third-order valence-corrected chi connectivity index (χ3v) is 3.21. The van der Waals surface area contributed by atoms with Crippen molar-refractivity contribution in [2.45, 2.75) is 25.8 Å². The smallest absolute Gasteiger partial charge is 0.218 e. The number of hydrogen-bond acceptors (Lipinski definition) is 5. The lowest BCUT2D eigenvalue weighted by molar-refractivity contribution is 0.270. The Kier molecular flexibility index (Phi) is 3.47. The van der Waals surface area contributed by atoms with Gasteiger partial charge in [-0.2, -0.15) is 4.98 Å². The molecule has 0 radical (unpaired) electrons. The zero-order chi connectivity index (χ0) is 12.4. The molecule has 1 fully saturated rings. The van der Waals surface area contributed by atoms with Crippen molar-refractivity contribution in [1.29, 1.82) is 0 Å². The molecule has 1 saturated carbocycles. The summed E-state index contributed by atoms with van der Waals surface area (Å²) in [5.74, 6) is 2.95. The first kappa shape index (κ1) is 12.1. The highest BCUT2D eigenvalue weighted by Crippen LogP contribution is 2.27. The molecule has 5 nitrogen and oxygen atoms in total. The highest BCUT2D eigenvalue weighted by Gasteiger charge is 2.27. The largest absolute Gasteiger partial charge is 0.481 e. The van der Waals surface area contributed by atoms with Gasteiger partial charge >= 0.3 is 0 Å². The van der Waals surface area contributed by atoms with E-state index in [9.17, 15) is 0 Å². The number of ether oxygens (including phenoxy) is 1. The summed E-state index contributed by atoms with van der Waals surface area (Å²) in [5, 5.41) is 0. The van der Waals surface area contributed by atoms with Crippen molar-refractivity contribution in [3.05, 3.63) is 11.9 Å². The van der Waals surface area contributed by atoms with E-state index in [-0.39, 0.29) is 0 Å². The summed E-state index contributed by atoms with van der Waals surface area (Å²) >= 11 is 0.